The standard InChI is InChI=1S/C88H95Cl2N9O33/c1-3-4-5-6-7-8-9-10-60(108)94-68-74(113)71(110)58(32-101)129-87(68)132-78-55-26-40-27-56(78)126-52-18-14-38(24-47(52)90)77(131-86-67(92-34(2)103)73(112)70(109)57(31-100)128-86)69-84(121)98-66(85(122)123)45-29-42(105)30-54(127-88-76(115)75(114)72(111)59(33-102)130-88)61(45)44-23-37(13-15-49(44)106)63(81(118)99-69)96-83(120)65(40)97-82(119)64-39-21-41(104)28-43(22-39)124-53-25-36(12-16-50(53)107)62(91)80(117)93-48(79(116)95-64)20-35-11-17-51(125-55)46(89)19-35/h7-8,11-19,21-30,48,57-59,62-77,86-88,100-102,104-107,109-115H,3-6,9-10,20,31-33,91H2,1-2H3,(H,92,103)(H,93,117)(H,94,108)(H,95,116)(H,96,120)(H,97,119)(H,98,121)(H,99,118)(H,122,123)/b8-7-/t48-,57-,58-,59-,62-,63-,64+,65-,66-,67-,68-,69+,70-,71-,72-,73-,74-,75+,76+,77-,86+,87+,88+/m1/s1. The van der Waals surface area contributed by atoms with Crippen molar-refractivity contribution < 1.29 is 168 Å². The highest BCUT2D eigenvalue weighted by atomic mass is 35.5. The van der Waals surface area contributed by atoms with E-state index in [1.807, 2.05) is 13.0 Å². The Labute approximate surface area is 759 Å². The zero-order chi connectivity index (χ0) is 94.7. The number of quaternary nitrogens is 1. The van der Waals surface area contributed by atoms with E-state index in [2.05, 4.69) is 48.3 Å². The second-order valence-corrected chi connectivity index (χ2v) is 33.2. The number of phenolic OH excluding ortho intramolecular Hbond substituents is 4. The number of aliphatic carboxylic acids is 1. The third kappa shape index (κ3) is 20.6. The van der Waals surface area contributed by atoms with Crippen LogP contribution in [0.1, 0.15) is 128 Å². The van der Waals surface area contributed by atoms with E-state index in [1.54, 1.807) is 6.08 Å². The van der Waals surface area contributed by atoms with Gasteiger partial charge in [0.2, 0.25) is 59.7 Å². The molecular weight excluding hydrogens is 1780 g/mol. The number of fused-ring (bicyclic) bond motifs is 14. The summed E-state index contributed by atoms with van der Waals surface area (Å²) in [4.78, 5) is 138. The number of benzene rings is 7. The first-order valence-electron chi connectivity index (χ1n) is 41.8. The molecule has 9 aliphatic heterocycles. The highest BCUT2D eigenvalue weighted by Crippen LogP contribution is 2.51. The summed E-state index contributed by atoms with van der Waals surface area (Å²) in [5.74, 6) is -19.8. The Hall–Kier alpha value is -12.3. The molecule has 0 saturated carbocycles. The Morgan fingerprint density at radius 2 is 1.08 bits per heavy atom. The molecule has 0 radical (unpaired) electrons. The Balaban J connectivity index is 1.04. The minimum atomic E-state index is -2.69. The molecule has 0 aromatic heterocycles. The Morgan fingerprint density at radius 1 is 0.515 bits per heavy atom. The predicted molar refractivity (Wildman–Crippen MR) is 449 cm³/mol. The lowest BCUT2D eigenvalue weighted by atomic mass is 9.89. The predicted octanol–water partition coefficient (Wildman–Crippen LogP) is -1.11. The van der Waals surface area contributed by atoms with Gasteiger partial charge in [0.1, 0.15) is 150 Å². The number of carbonyl (C=O) groups excluding carboxylic acids is 9. The smallest absolute Gasteiger partial charge is 0.283 e. The van der Waals surface area contributed by atoms with Crippen LogP contribution in [0.4, 0.5) is 0 Å². The summed E-state index contributed by atoms with van der Waals surface area (Å²) in [6, 6.07) is 0.817. The molecule has 3 fully saturated rings. The quantitative estimate of drug-likeness (QED) is 0.0337. The molecule has 3 saturated heterocycles. The number of hydrogen-bond acceptors (Lipinski definition) is 33. The van der Waals surface area contributed by atoms with Gasteiger partial charge in [0.05, 0.1) is 41.9 Å². The third-order valence-electron chi connectivity index (χ3n) is 23.2. The molecule has 16 rings (SSSR count). The number of carboxylic acids is 1. The number of aliphatic hydroxyl groups is 10. The van der Waals surface area contributed by atoms with Crippen LogP contribution in [0, 0.1) is 0 Å². The second-order valence-electron chi connectivity index (χ2n) is 32.4. The third-order valence-corrected chi connectivity index (χ3v) is 23.8. The maximum absolute atomic E-state index is 17.0. The molecule has 23 atom stereocenters. The molecule has 9 aliphatic rings. The van der Waals surface area contributed by atoms with Crippen LogP contribution >= 0.6 is 23.2 Å². The number of phenols is 4. The van der Waals surface area contributed by atoms with Crippen LogP contribution in [0.15, 0.2) is 127 Å². The van der Waals surface area contributed by atoms with E-state index >= 15 is 24.0 Å². The largest absolute Gasteiger partial charge is 0.548 e. The number of aliphatic hydroxyl groups excluding tert-OH is 10. The molecule has 132 heavy (non-hydrogen) atoms. The zero-order valence-electron chi connectivity index (χ0n) is 70.0. The van der Waals surface area contributed by atoms with Gasteiger partial charge in [-0.1, -0.05) is 73.3 Å². The molecule has 0 unspecified atom stereocenters. The first-order valence-corrected chi connectivity index (χ1v) is 42.6. The van der Waals surface area contributed by atoms with Crippen LogP contribution in [0.2, 0.25) is 10.0 Å². The summed E-state index contributed by atoms with van der Waals surface area (Å²) in [6.07, 6.45) is -22.3. The van der Waals surface area contributed by atoms with Crippen LogP contribution in [0.25, 0.3) is 11.1 Å². The number of ether oxygens (including phenoxy) is 9. The second kappa shape index (κ2) is 40.8. The van der Waals surface area contributed by atoms with E-state index in [0.717, 1.165) is 105 Å². The number of rotatable bonds is 19. The molecular formula is C88H95Cl2N9O33. The maximum atomic E-state index is 17.0. The van der Waals surface area contributed by atoms with Gasteiger partial charge < -0.3 is 172 Å². The fourth-order valence-electron chi connectivity index (χ4n) is 16.3. The number of amides is 8. The summed E-state index contributed by atoms with van der Waals surface area (Å²) >= 11 is 14.7. The molecule has 8 amide bonds. The Bertz CT molecular complexity index is 5600. The molecule has 44 heteroatoms. The maximum Gasteiger partial charge on any atom is 0.283 e. The van der Waals surface area contributed by atoms with Gasteiger partial charge in [0, 0.05) is 48.6 Å². The van der Waals surface area contributed by atoms with E-state index in [-0.39, 0.29) is 51.8 Å². The van der Waals surface area contributed by atoms with Crippen molar-refractivity contribution in [2.45, 2.75) is 199 Å². The van der Waals surface area contributed by atoms with Gasteiger partial charge in [-0.15, -0.1) is 0 Å². The first-order chi connectivity index (χ1) is 63.0. The average Bonchev–Trinajstić information content (AvgIpc) is 0.757. The number of unbranched alkanes of at least 4 members (excludes halogenated alkanes) is 3. The zero-order valence-corrected chi connectivity index (χ0v) is 71.5. The molecule has 7 aromatic rings. The van der Waals surface area contributed by atoms with Crippen molar-refractivity contribution in [3.8, 4) is 80.1 Å². The van der Waals surface area contributed by atoms with Crippen molar-refractivity contribution in [3.63, 3.8) is 0 Å². The number of hydrogen-bond donors (Lipinski definition) is 23. The van der Waals surface area contributed by atoms with Crippen molar-refractivity contribution in [1.29, 1.82) is 0 Å². The van der Waals surface area contributed by atoms with Crippen LogP contribution in [0.5, 0.6) is 69.0 Å². The topological polar surface area (TPSA) is 667 Å². The van der Waals surface area contributed by atoms with E-state index in [9.17, 15) is 95.8 Å². The minimum Gasteiger partial charge on any atom is -0.548 e. The van der Waals surface area contributed by atoms with Crippen LogP contribution in [0.3, 0.4) is 0 Å². The molecule has 0 aliphatic carbocycles. The number of halogens is 2. The fraction of sp³-hybridized carbons (Fsp3) is 0.398. The molecule has 17 bridgehead atoms. The molecule has 704 valence electrons. The molecule has 9 heterocycles. The molecule has 42 nitrogen and oxygen atoms in total. The van der Waals surface area contributed by atoms with Crippen LogP contribution in [-0.2, 0) is 68.5 Å². The van der Waals surface area contributed by atoms with E-state index in [1.165, 1.54) is 36.4 Å². The van der Waals surface area contributed by atoms with Gasteiger partial charge in [-0.05, 0) is 138 Å². The summed E-state index contributed by atoms with van der Waals surface area (Å²) in [6.45, 7) is -0.164. The molecule has 7 aromatic carbocycles. The van der Waals surface area contributed by atoms with Gasteiger partial charge in [0.15, 0.2) is 35.3 Å². The lowest BCUT2D eigenvalue weighted by molar-refractivity contribution is -0.409. The summed E-state index contributed by atoms with van der Waals surface area (Å²) < 4.78 is 57.4. The number of allylic oxidation sites excluding steroid dienone is 2. The SMILES string of the molecule is CCCCC/C=C\CCC(=O)N[C@H]1[C@H](Oc2c3cc4cc2Oc2ccc(cc2Cl)[C@@H](O[C@@H]2O[C@H](CO)[C@@H](O)[C@H](O)[C@H]2NC(C)=O)[C@@H]2NC(=O)[C@H](NC(=O)[C@@H]4NC(=O)[C@H]4NC(=O)[C@@H](Cc5ccc(c(Cl)c5)O3)NC(=O)[C@H]([NH3+])c3ccc(O)c(c3)Oc3cc(O)cc4c3)c3ccc(O)c(c3)-c3c(O[C@H]4O[C@H](CO)[C@@H](O)[C@H](O)[C@@H]4O)cc(O)cc3[C@H](C(=O)[O-])NC2=O)O[C@H](CO)[C@@H](O)[C@@H]1O. The Kier molecular flexibility index (Phi) is 29.6. The number of nitrogens with one attached hydrogen (secondary N) is 8. The van der Waals surface area contributed by atoms with Crippen molar-refractivity contribution in [2.24, 2.45) is 0 Å². The minimum absolute atomic E-state index is 0.134. The lowest BCUT2D eigenvalue weighted by Gasteiger charge is -2.44. The van der Waals surface area contributed by atoms with Gasteiger partial charge >= 0.3 is 0 Å². The summed E-state index contributed by atoms with van der Waals surface area (Å²) in [5, 5.41) is 193. The molecule has 0 spiro atoms. The van der Waals surface area contributed by atoms with Crippen LogP contribution < -0.4 is 77.1 Å². The van der Waals surface area contributed by atoms with Gasteiger partial charge in [-0.3, -0.25) is 38.4 Å². The summed E-state index contributed by atoms with van der Waals surface area (Å²) in [7, 11) is 0. The van der Waals surface area contributed by atoms with Gasteiger partial charge in [-0.25, -0.2) is 0 Å². The van der Waals surface area contributed by atoms with Crippen molar-refractivity contribution in [1.82, 2.24) is 42.5 Å². The average molecular weight is 1880 g/mol. The van der Waals surface area contributed by atoms with Gasteiger partial charge in [0.25, 0.3) is 5.91 Å². The van der Waals surface area contributed by atoms with Crippen molar-refractivity contribution in [3.05, 3.63) is 176 Å². The normalized spacial score (nSPS) is 28.9. The van der Waals surface area contributed by atoms with Gasteiger partial charge in [-0.2, -0.15) is 0 Å². The fourth-order valence-corrected chi connectivity index (χ4v) is 16.7. The molecule has 25 N–H and O–H groups in total. The van der Waals surface area contributed by atoms with E-state index in [0.29, 0.717) is 6.42 Å². The highest BCUT2D eigenvalue weighted by Gasteiger charge is 2.52. The van der Waals surface area contributed by atoms with Crippen molar-refractivity contribution >= 4 is 76.4 Å². The lowest BCUT2D eigenvalue weighted by Crippen LogP contribution is -2.65. The van der Waals surface area contributed by atoms with E-state index < -0.39 is 310 Å². The van der Waals surface area contributed by atoms with Crippen LogP contribution in [-0.4, -0.2) is 249 Å². The number of aromatic hydroxyl groups is 4. The number of carboxylic acid groups (broad SMARTS) is 1. The Morgan fingerprint density at radius 3 is 1.71 bits per heavy atom. The first kappa shape index (κ1) is 95.8. The highest BCUT2D eigenvalue weighted by molar-refractivity contribution is 6.32. The van der Waals surface area contributed by atoms with Crippen molar-refractivity contribution in [2.75, 3.05) is 19.8 Å². The number of carbonyl (C=O) groups is 9. The monoisotopic (exact) mass is 1880 g/mol. The summed E-state index contributed by atoms with van der Waals surface area (Å²) in [5.41, 5.74) is 0.193. The van der Waals surface area contributed by atoms with E-state index in [4.69, 9.17) is 65.8 Å².